The number of furan rings is 1. The second-order valence-electron chi connectivity index (χ2n) is 1.89. The summed E-state index contributed by atoms with van der Waals surface area (Å²) < 4.78 is 4.95. The molecule has 11 heavy (non-hydrogen) atoms. The van der Waals surface area contributed by atoms with Gasteiger partial charge in [0.15, 0.2) is 0 Å². The molecule has 4 heteroatoms. The summed E-state index contributed by atoms with van der Waals surface area (Å²) in [6.45, 7) is 0.409. The number of aliphatic hydroxyl groups excluding tert-OH is 1. The highest BCUT2D eigenvalue weighted by Gasteiger charge is 1.94. The van der Waals surface area contributed by atoms with Gasteiger partial charge in [-0.1, -0.05) is 0 Å². The Balaban J connectivity index is 2.04. The molecule has 0 saturated carbocycles. The zero-order valence-corrected chi connectivity index (χ0v) is 6.03. The maximum Gasteiger partial charge on any atom is 0.140 e. The maximum atomic E-state index is 8.30. The summed E-state index contributed by atoms with van der Waals surface area (Å²) >= 11 is 0. The van der Waals surface area contributed by atoms with Gasteiger partial charge < -0.3 is 9.52 Å². The van der Waals surface area contributed by atoms with Crippen LogP contribution in [-0.4, -0.2) is 18.3 Å². The highest BCUT2D eigenvalue weighted by atomic mass is 17.2. The van der Waals surface area contributed by atoms with Crippen molar-refractivity contribution < 1.29 is 19.3 Å². The van der Waals surface area contributed by atoms with E-state index in [0.29, 0.717) is 5.76 Å². The smallest absolute Gasteiger partial charge is 0.140 e. The van der Waals surface area contributed by atoms with Crippen LogP contribution in [0, 0.1) is 0 Å². The Morgan fingerprint density at radius 2 is 2.36 bits per heavy atom. The molecule has 0 amide bonds. The second-order valence-corrected chi connectivity index (χ2v) is 1.89. The van der Waals surface area contributed by atoms with E-state index < -0.39 is 0 Å². The first-order valence-electron chi connectivity index (χ1n) is 3.31. The average molecular weight is 158 g/mol. The monoisotopic (exact) mass is 158 g/mol. The van der Waals surface area contributed by atoms with Gasteiger partial charge in [-0.25, -0.2) is 9.78 Å². The van der Waals surface area contributed by atoms with Crippen molar-refractivity contribution in [1.29, 1.82) is 0 Å². The molecule has 0 atom stereocenters. The summed E-state index contributed by atoms with van der Waals surface area (Å²) in [6, 6.07) is 3.55. The minimum absolute atomic E-state index is 0.0435. The van der Waals surface area contributed by atoms with Crippen LogP contribution in [-0.2, 0) is 16.4 Å². The lowest BCUT2D eigenvalue weighted by atomic mass is 10.5. The topological polar surface area (TPSA) is 51.8 Å². The first kappa shape index (κ1) is 8.26. The predicted molar refractivity (Wildman–Crippen MR) is 36.5 cm³/mol. The van der Waals surface area contributed by atoms with Crippen molar-refractivity contribution >= 4 is 0 Å². The summed E-state index contributed by atoms with van der Waals surface area (Å²) in [5.74, 6) is 0.697. The zero-order valence-electron chi connectivity index (χ0n) is 6.03. The first-order valence-corrected chi connectivity index (χ1v) is 3.31. The molecule has 0 aromatic carbocycles. The van der Waals surface area contributed by atoms with Crippen molar-refractivity contribution in [2.24, 2.45) is 0 Å². The number of hydrogen-bond acceptors (Lipinski definition) is 4. The molecule has 0 fully saturated rings. The minimum atomic E-state index is -0.0435. The Labute approximate surface area is 64.3 Å². The molecule has 1 heterocycles. The summed E-state index contributed by atoms with van der Waals surface area (Å²) in [7, 11) is 0. The van der Waals surface area contributed by atoms with Gasteiger partial charge in [0.1, 0.15) is 19.0 Å². The second kappa shape index (κ2) is 4.90. The molecule has 0 saturated heterocycles. The zero-order chi connectivity index (χ0) is 7.94. The van der Waals surface area contributed by atoms with Crippen LogP contribution in [0.3, 0.4) is 0 Å². The Morgan fingerprint density at radius 3 is 3.00 bits per heavy atom. The Hall–Kier alpha value is -0.840. The van der Waals surface area contributed by atoms with E-state index in [2.05, 4.69) is 9.78 Å². The van der Waals surface area contributed by atoms with Gasteiger partial charge in [0.05, 0.1) is 12.9 Å². The number of hydrogen-bond donors (Lipinski definition) is 1. The van der Waals surface area contributed by atoms with E-state index in [1.165, 1.54) is 0 Å². The molecular formula is C7H10O4. The molecular weight excluding hydrogens is 148 g/mol. The molecule has 1 N–H and O–H groups in total. The normalized spacial score (nSPS) is 10.3. The first-order chi connectivity index (χ1) is 5.43. The van der Waals surface area contributed by atoms with Crippen molar-refractivity contribution in [1.82, 2.24) is 0 Å². The number of rotatable bonds is 5. The highest BCUT2D eigenvalue weighted by Crippen LogP contribution is 2.01. The van der Waals surface area contributed by atoms with Gasteiger partial charge in [-0.2, -0.15) is 0 Å². The van der Waals surface area contributed by atoms with Crippen LogP contribution in [0.15, 0.2) is 22.8 Å². The van der Waals surface area contributed by atoms with Crippen LogP contribution >= 0.6 is 0 Å². The van der Waals surface area contributed by atoms with E-state index in [4.69, 9.17) is 9.52 Å². The van der Waals surface area contributed by atoms with E-state index in [1.807, 2.05) is 0 Å². The van der Waals surface area contributed by atoms with Crippen LogP contribution in [0.4, 0.5) is 0 Å². The molecule has 0 aliphatic heterocycles. The van der Waals surface area contributed by atoms with E-state index >= 15 is 0 Å². The predicted octanol–water partition coefficient (Wildman–Crippen LogP) is 0.720. The van der Waals surface area contributed by atoms with Crippen LogP contribution in [0.2, 0.25) is 0 Å². The minimum Gasteiger partial charge on any atom is -0.467 e. The van der Waals surface area contributed by atoms with Gasteiger partial charge in [-0.05, 0) is 12.1 Å². The van der Waals surface area contributed by atoms with Crippen molar-refractivity contribution in [3.63, 3.8) is 0 Å². The van der Waals surface area contributed by atoms with Gasteiger partial charge in [-0.15, -0.1) is 0 Å². The molecule has 0 unspecified atom stereocenters. The molecule has 1 rings (SSSR count). The van der Waals surface area contributed by atoms with Crippen molar-refractivity contribution in [2.75, 3.05) is 13.2 Å². The summed E-state index contributed by atoms with van der Waals surface area (Å²) in [5.41, 5.74) is 0. The molecule has 0 bridgehead atoms. The summed E-state index contributed by atoms with van der Waals surface area (Å²) in [6.07, 6.45) is 1.56. The highest BCUT2D eigenvalue weighted by molar-refractivity contribution is 4.95. The third-order valence-electron chi connectivity index (χ3n) is 1.04. The van der Waals surface area contributed by atoms with Crippen molar-refractivity contribution in [2.45, 2.75) is 6.61 Å². The lowest BCUT2D eigenvalue weighted by molar-refractivity contribution is -0.309. The van der Waals surface area contributed by atoms with Crippen molar-refractivity contribution in [3.8, 4) is 0 Å². The van der Waals surface area contributed by atoms with E-state index in [9.17, 15) is 0 Å². The van der Waals surface area contributed by atoms with Crippen LogP contribution < -0.4 is 0 Å². The fraction of sp³-hybridized carbons (Fsp3) is 0.429. The third kappa shape index (κ3) is 3.18. The summed E-state index contributed by atoms with van der Waals surface area (Å²) in [4.78, 5) is 9.21. The Kier molecular flexibility index (Phi) is 3.68. The lowest BCUT2D eigenvalue weighted by Gasteiger charge is -1.98. The molecule has 0 aliphatic carbocycles. The van der Waals surface area contributed by atoms with Crippen LogP contribution in [0.25, 0.3) is 0 Å². The standard InChI is InChI=1S/C7H10O4/c8-3-5-10-11-6-7-2-1-4-9-7/h1-2,4,8H,3,5-6H2. The number of aliphatic hydroxyl groups is 1. The largest absolute Gasteiger partial charge is 0.467 e. The molecule has 1 aromatic heterocycles. The molecule has 1 aromatic rings. The van der Waals surface area contributed by atoms with E-state index in [1.54, 1.807) is 18.4 Å². The molecule has 0 radical (unpaired) electrons. The molecule has 0 spiro atoms. The van der Waals surface area contributed by atoms with Gasteiger partial charge in [0, 0.05) is 0 Å². The third-order valence-corrected chi connectivity index (χ3v) is 1.04. The summed E-state index contributed by atoms with van der Waals surface area (Å²) in [5, 5.41) is 8.30. The van der Waals surface area contributed by atoms with E-state index in [-0.39, 0.29) is 19.8 Å². The Morgan fingerprint density at radius 1 is 1.45 bits per heavy atom. The lowest BCUT2D eigenvalue weighted by Crippen LogP contribution is -1.99. The fourth-order valence-electron chi connectivity index (χ4n) is 0.591. The van der Waals surface area contributed by atoms with Gasteiger partial charge in [0.2, 0.25) is 0 Å². The fourth-order valence-corrected chi connectivity index (χ4v) is 0.591. The van der Waals surface area contributed by atoms with E-state index in [0.717, 1.165) is 0 Å². The van der Waals surface area contributed by atoms with Crippen molar-refractivity contribution in [3.05, 3.63) is 24.2 Å². The molecule has 0 aliphatic rings. The maximum absolute atomic E-state index is 8.30. The SMILES string of the molecule is OCCOOCc1ccco1. The average Bonchev–Trinajstić information content (AvgIpc) is 2.50. The Bertz CT molecular complexity index is 171. The van der Waals surface area contributed by atoms with Gasteiger partial charge in [-0.3, -0.25) is 0 Å². The van der Waals surface area contributed by atoms with Crippen LogP contribution in [0.5, 0.6) is 0 Å². The van der Waals surface area contributed by atoms with Gasteiger partial charge >= 0.3 is 0 Å². The molecule has 4 nitrogen and oxygen atoms in total. The molecule has 62 valence electrons. The van der Waals surface area contributed by atoms with Crippen LogP contribution in [0.1, 0.15) is 5.76 Å². The quantitative estimate of drug-likeness (QED) is 0.389. The van der Waals surface area contributed by atoms with Gasteiger partial charge in [0.25, 0.3) is 0 Å².